The van der Waals surface area contributed by atoms with Crippen molar-refractivity contribution in [1.82, 2.24) is 4.98 Å². The number of rotatable bonds is 6. The van der Waals surface area contributed by atoms with Crippen LogP contribution in [0.5, 0.6) is 0 Å². The lowest BCUT2D eigenvalue weighted by atomic mass is 10.2. The zero-order valence-corrected chi connectivity index (χ0v) is 11.2. The van der Waals surface area contributed by atoms with Gasteiger partial charge in [-0.3, -0.25) is 0 Å². The second kappa shape index (κ2) is 5.47. The van der Waals surface area contributed by atoms with Gasteiger partial charge in [-0.15, -0.1) is 0 Å². The molecular formula is C11H13N3O5S. The van der Waals surface area contributed by atoms with Crippen LogP contribution >= 0.6 is 0 Å². The lowest BCUT2D eigenvalue weighted by molar-refractivity contribution is 0.0697. The molecule has 2 aromatic rings. The maximum Gasteiger partial charge on any atom is 0.335 e. The Morgan fingerprint density at radius 2 is 2.20 bits per heavy atom. The van der Waals surface area contributed by atoms with Gasteiger partial charge in [-0.2, -0.15) is 4.98 Å². The number of carbonyl (C=O) groups is 1. The predicted octanol–water partition coefficient (Wildman–Crippen LogP) is 0.616. The SMILES string of the molecule is NS(=O)(=O)CCCNc1nc2ccc(C(=O)O)cc2o1. The van der Waals surface area contributed by atoms with Crippen LogP contribution in [0.4, 0.5) is 6.01 Å². The smallest absolute Gasteiger partial charge is 0.335 e. The first-order chi connectivity index (χ1) is 9.35. The zero-order valence-electron chi connectivity index (χ0n) is 10.4. The molecule has 2 rings (SSSR count). The van der Waals surface area contributed by atoms with E-state index in [9.17, 15) is 13.2 Å². The monoisotopic (exact) mass is 299 g/mol. The van der Waals surface area contributed by atoms with E-state index in [1.807, 2.05) is 0 Å². The summed E-state index contributed by atoms with van der Waals surface area (Å²) in [5.41, 5.74) is 0.970. The molecule has 0 aliphatic carbocycles. The molecule has 0 fully saturated rings. The number of benzene rings is 1. The highest BCUT2D eigenvalue weighted by molar-refractivity contribution is 7.89. The van der Waals surface area contributed by atoms with E-state index in [-0.39, 0.29) is 17.3 Å². The van der Waals surface area contributed by atoms with Crippen LogP contribution in [0.3, 0.4) is 0 Å². The second-order valence-electron chi connectivity index (χ2n) is 4.15. The fourth-order valence-corrected chi connectivity index (χ4v) is 2.15. The Kier molecular flexibility index (Phi) is 3.91. The molecule has 20 heavy (non-hydrogen) atoms. The third-order valence-corrected chi connectivity index (χ3v) is 3.37. The molecule has 0 radical (unpaired) electrons. The second-order valence-corrected chi connectivity index (χ2v) is 5.89. The number of nitrogens with one attached hydrogen (secondary N) is 1. The van der Waals surface area contributed by atoms with Crippen molar-refractivity contribution in [3.8, 4) is 0 Å². The number of hydrogen-bond donors (Lipinski definition) is 3. The number of hydrogen-bond acceptors (Lipinski definition) is 6. The van der Waals surface area contributed by atoms with Crippen LogP contribution in [0.25, 0.3) is 11.1 Å². The molecule has 0 saturated heterocycles. The first kappa shape index (κ1) is 14.3. The van der Waals surface area contributed by atoms with Gasteiger partial charge in [0.25, 0.3) is 6.01 Å². The summed E-state index contributed by atoms with van der Waals surface area (Å²) in [4.78, 5) is 14.9. The standard InChI is InChI=1S/C11H13N3O5S/c12-20(17,18)5-1-4-13-11-14-8-3-2-7(10(15)16)6-9(8)19-11/h2-3,6H,1,4-5H2,(H,13,14)(H,15,16)(H2,12,17,18). The quantitative estimate of drug-likeness (QED) is 0.665. The average molecular weight is 299 g/mol. The highest BCUT2D eigenvalue weighted by Crippen LogP contribution is 2.20. The molecule has 108 valence electrons. The molecule has 0 bridgehead atoms. The van der Waals surface area contributed by atoms with Crippen LogP contribution in [0, 0.1) is 0 Å². The summed E-state index contributed by atoms with van der Waals surface area (Å²) in [6.45, 7) is 0.328. The molecule has 0 saturated carbocycles. The van der Waals surface area contributed by atoms with Crippen LogP contribution < -0.4 is 10.5 Å². The minimum absolute atomic E-state index is 0.106. The van der Waals surface area contributed by atoms with Gasteiger partial charge in [0, 0.05) is 6.54 Å². The number of primary sulfonamides is 1. The van der Waals surface area contributed by atoms with Gasteiger partial charge < -0.3 is 14.8 Å². The van der Waals surface area contributed by atoms with E-state index in [1.165, 1.54) is 18.2 Å². The Hall–Kier alpha value is -2.13. The molecule has 0 unspecified atom stereocenters. The van der Waals surface area contributed by atoms with Gasteiger partial charge in [0.2, 0.25) is 10.0 Å². The maximum atomic E-state index is 10.8. The summed E-state index contributed by atoms with van der Waals surface area (Å²) < 4.78 is 26.8. The van der Waals surface area contributed by atoms with E-state index in [0.29, 0.717) is 24.1 Å². The van der Waals surface area contributed by atoms with E-state index in [2.05, 4.69) is 10.3 Å². The number of fused-ring (bicyclic) bond motifs is 1. The summed E-state index contributed by atoms with van der Waals surface area (Å²) in [5.74, 6) is -1.19. The molecule has 4 N–H and O–H groups in total. The average Bonchev–Trinajstić information content (AvgIpc) is 2.75. The van der Waals surface area contributed by atoms with E-state index in [1.54, 1.807) is 0 Å². The normalized spacial score (nSPS) is 11.7. The molecule has 9 heteroatoms. The molecule has 0 aliphatic heterocycles. The highest BCUT2D eigenvalue weighted by Gasteiger charge is 2.09. The van der Waals surface area contributed by atoms with E-state index in [0.717, 1.165) is 0 Å². The van der Waals surface area contributed by atoms with Crippen LogP contribution in [-0.2, 0) is 10.0 Å². The minimum atomic E-state index is -3.47. The Labute approximate surface area is 114 Å². The lowest BCUT2D eigenvalue weighted by Gasteiger charge is -1.99. The molecule has 1 aromatic heterocycles. The van der Waals surface area contributed by atoms with Crippen molar-refractivity contribution < 1.29 is 22.7 Å². The van der Waals surface area contributed by atoms with Gasteiger partial charge in [-0.25, -0.2) is 18.4 Å². The molecule has 8 nitrogen and oxygen atoms in total. The molecule has 0 spiro atoms. The highest BCUT2D eigenvalue weighted by atomic mass is 32.2. The number of anilines is 1. The number of oxazole rings is 1. The van der Waals surface area contributed by atoms with Crippen molar-refractivity contribution >= 4 is 33.1 Å². The van der Waals surface area contributed by atoms with Gasteiger partial charge >= 0.3 is 5.97 Å². The van der Waals surface area contributed by atoms with Gasteiger partial charge in [0.1, 0.15) is 5.52 Å². The number of nitrogens with zero attached hydrogens (tertiary/aromatic N) is 1. The van der Waals surface area contributed by atoms with Crippen molar-refractivity contribution in [2.45, 2.75) is 6.42 Å². The Morgan fingerprint density at radius 3 is 2.85 bits per heavy atom. The summed E-state index contributed by atoms with van der Waals surface area (Å²) in [5, 5.41) is 16.5. The number of carboxylic acids is 1. The summed E-state index contributed by atoms with van der Waals surface area (Å²) >= 11 is 0. The van der Waals surface area contributed by atoms with E-state index in [4.69, 9.17) is 14.7 Å². The molecular weight excluding hydrogens is 286 g/mol. The largest absolute Gasteiger partial charge is 0.478 e. The fraction of sp³-hybridized carbons (Fsp3) is 0.273. The van der Waals surface area contributed by atoms with Crippen molar-refractivity contribution in [2.75, 3.05) is 17.6 Å². The van der Waals surface area contributed by atoms with E-state index >= 15 is 0 Å². The van der Waals surface area contributed by atoms with Gasteiger partial charge in [-0.05, 0) is 24.6 Å². The third-order valence-electron chi connectivity index (χ3n) is 2.52. The van der Waals surface area contributed by atoms with Crippen molar-refractivity contribution in [2.24, 2.45) is 5.14 Å². The lowest BCUT2D eigenvalue weighted by Crippen LogP contribution is -2.18. The van der Waals surface area contributed by atoms with Crippen LogP contribution in [0.1, 0.15) is 16.8 Å². The summed E-state index contributed by atoms with van der Waals surface area (Å²) in [7, 11) is -3.47. The van der Waals surface area contributed by atoms with Crippen LogP contribution in [0.2, 0.25) is 0 Å². The molecule has 0 atom stereocenters. The van der Waals surface area contributed by atoms with Crippen LogP contribution in [0.15, 0.2) is 22.6 Å². The Bertz CT molecular complexity index is 738. The first-order valence-corrected chi connectivity index (χ1v) is 7.45. The first-order valence-electron chi connectivity index (χ1n) is 5.73. The summed E-state index contributed by atoms with van der Waals surface area (Å²) in [6, 6.07) is 4.55. The Balaban J connectivity index is 2.03. The number of aromatic nitrogens is 1. The fourth-order valence-electron chi connectivity index (χ4n) is 1.60. The third kappa shape index (κ3) is 3.68. The number of carboxylic acid groups (broad SMARTS) is 1. The van der Waals surface area contributed by atoms with Crippen molar-refractivity contribution in [3.63, 3.8) is 0 Å². The molecule has 1 heterocycles. The maximum absolute atomic E-state index is 10.8. The van der Waals surface area contributed by atoms with Gasteiger partial charge in [-0.1, -0.05) is 0 Å². The van der Waals surface area contributed by atoms with E-state index < -0.39 is 16.0 Å². The molecule has 0 amide bonds. The summed E-state index contributed by atoms with van der Waals surface area (Å²) in [6.07, 6.45) is 0.317. The number of sulfonamides is 1. The van der Waals surface area contributed by atoms with Gasteiger partial charge in [0.15, 0.2) is 5.58 Å². The number of nitrogens with two attached hydrogens (primary N) is 1. The zero-order chi connectivity index (χ0) is 14.8. The Morgan fingerprint density at radius 1 is 1.45 bits per heavy atom. The van der Waals surface area contributed by atoms with Crippen molar-refractivity contribution in [1.29, 1.82) is 0 Å². The van der Waals surface area contributed by atoms with Gasteiger partial charge in [0.05, 0.1) is 11.3 Å². The minimum Gasteiger partial charge on any atom is -0.478 e. The van der Waals surface area contributed by atoms with Crippen LogP contribution in [-0.4, -0.2) is 36.8 Å². The molecule has 0 aliphatic rings. The topological polar surface area (TPSA) is 136 Å². The predicted molar refractivity (Wildman–Crippen MR) is 72.0 cm³/mol. The molecule has 1 aromatic carbocycles. The van der Waals surface area contributed by atoms with Crippen molar-refractivity contribution in [3.05, 3.63) is 23.8 Å². The number of aromatic carboxylic acids is 1.